The van der Waals surface area contributed by atoms with Crippen LogP contribution in [0.3, 0.4) is 0 Å². The number of benzene rings is 1. The first-order valence-electron chi connectivity index (χ1n) is 5.94. The van der Waals surface area contributed by atoms with Gasteiger partial charge in [-0.15, -0.1) is 0 Å². The van der Waals surface area contributed by atoms with Crippen molar-refractivity contribution in [2.45, 2.75) is 13.0 Å². The maximum atomic E-state index is 12.5. The maximum Gasteiger partial charge on any atom is 0.271 e. The Morgan fingerprint density at radius 3 is 2.80 bits per heavy atom. The fraction of sp³-hybridized carbons (Fsp3) is 0.417. The number of hydrogen-bond donors (Lipinski definition) is 0. The number of nitrogens with zero attached hydrogens (tertiary/aromatic N) is 2. The number of amides is 1. The summed E-state index contributed by atoms with van der Waals surface area (Å²) in [6, 6.07) is 2.16. The highest BCUT2D eigenvalue weighted by atomic mass is 35.5. The van der Waals surface area contributed by atoms with Gasteiger partial charge in [0.1, 0.15) is 0 Å². The van der Waals surface area contributed by atoms with Gasteiger partial charge in [0.05, 0.1) is 39.8 Å². The van der Waals surface area contributed by atoms with Crippen LogP contribution in [0.5, 0.6) is 0 Å². The number of morpholine rings is 1. The van der Waals surface area contributed by atoms with Crippen molar-refractivity contribution < 1.29 is 14.5 Å². The van der Waals surface area contributed by atoms with E-state index >= 15 is 0 Å². The molecule has 2 rings (SSSR count). The zero-order chi connectivity index (χ0) is 14.9. The van der Waals surface area contributed by atoms with Crippen LogP contribution in [0.2, 0.25) is 10.0 Å². The quantitative estimate of drug-likeness (QED) is 0.621. The second-order valence-electron chi connectivity index (χ2n) is 4.47. The second-order valence-corrected chi connectivity index (χ2v) is 5.25. The van der Waals surface area contributed by atoms with Gasteiger partial charge < -0.3 is 9.64 Å². The molecule has 20 heavy (non-hydrogen) atoms. The van der Waals surface area contributed by atoms with Gasteiger partial charge in [-0.3, -0.25) is 14.9 Å². The molecule has 0 bridgehead atoms. The van der Waals surface area contributed by atoms with E-state index in [0.717, 1.165) is 12.1 Å². The average molecular weight is 319 g/mol. The minimum absolute atomic E-state index is 0.00914. The number of carbonyl (C=O) groups is 1. The largest absolute Gasteiger partial charge is 0.377 e. The summed E-state index contributed by atoms with van der Waals surface area (Å²) in [5, 5.41) is 10.9. The molecular formula is C12H12Cl2N2O4. The lowest BCUT2D eigenvalue weighted by Crippen LogP contribution is -2.47. The van der Waals surface area contributed by atoms with Crippen LogP contribution in [0.15, 0.2) is 12.1 Å². The van der Waals surface area contributed by atoms with Crippen LogP contribution in [0.4, 0.5) is 5.69 Å². The summed E-state index contributed by atoms with van der Waals surface area (Å²) in [6.07, 6.45) is 0. The number of carbonyl (C=O) groups excluding carboxylic acids is 1. The summed E-state index contributed by atoms with van der Waals surface area (Å²) in [4.78, 5) is 24.3. The van der Waals surface area contributed by atoms with Crippen LogP contribution in [0.1, 0.15) is 17.3 Å². The summed E-state index contributed by atoms with van der Waals surface area (Å²) >= 11 is 11.8. The Balaban J connectivity index is 2.40. The number of non-ortho nitro benzene ring substituents is 1. The lowest BCUT2D eigenvalue weighted by molar-refractivity contribution is -0.384. The van der Waals surface area contributed by atoms with Gasteiger partial charge in [-0.25, -0.2) is 0 Å². The predicted molar refractivity (Wildman–Crippen MR) is 74.4 cm³/mol. The van der Waals surface area contributed by atoms with E-state index in [1.165, 1.54) is 0 Å². The summed E-state index contributed by atoms with van der Waals surface area (Å²) < 4.78 is 5.25. The predicted octanol–water partition coefficient (Wildman–Crippen LogP) is 2.76. The molecule has 108 valence electrons. The number of hydrogen-bond acceptors (Lipinski definition) is 4. The summed E-state index contributed by atoms with van der Waals surface area (Å²) in [6.45, 7) is 3.10. The Bertz CT molecular complexity index is 565. The zero-order valence-electron chi connectivity index (χ0n) is 10.6. The van der Waals surface area contributed by atoms with Crippen LogP contribution in [-0.2, 0) is 4.74 Å². The zero-order valence-corrected chi connectivity index (χ0v) is 12.1. The summed E-state index contributed by atoms with van der Waals surface area (Å²) in [7, 11) is 0. The monoisotopic (exact) mass is 318 g/mol. The third kappa shape index (κ3) is 2.87. The standard InChI is InChI=1S/C12H12Cl2N2O4/c1-7-6-20-3-2-15(7)12(17)9-4-8(16(18)19)5-10(13)11(9)14/h4-5,7H,2-3,6H2,1H3. The Morgan fingerprint density at radius 1 is 1.50 bits per heavy atom. The molecule has 0 aliphatic carbocycles. The molecule has 6 nitrogen and oxygen atoms in total. The molecule has 1 fully saturated rings. The van der Waals surface area contributed by atoms with Crippen LogP contribution in [0.25, 0.3) is 0 Å². The Morgan fingerprint density at radius 2 is 2.20 bits per heavy atom. The van der Waals surface area contributed by atoms with Crippen molar-refractivity contribution in [3.63, 3.8) is 0 Å². The molecule has 0 N–H and O–H groups in total. The lowest BCUT2D eigenvalue weighted by Gasteiger charge is -2.33. The van der Waals surface area contributed by atoms with Gasteiger partial charge in [0.2, 0.25) is 0 Å². The first-order valence-corrected chi connectivity index (χ1v) is 6.69. The molecule has 1 atom stereocenters. The molecule has 0 aromatic heterocycles. The van der Waals surface area contributed by atoms with E-state index in [1.54, 1.807) is 4.90 Å². The fourth-order valence-corrected chi connectivity index (χ4v) is 2.42. The van der Waals surface area contributed by atoms with Crippen LogP contribution in [0, 0.1) is 10.1 Å². The van der Waals surface area contributed by atoms with E-state index in [-0.39, 0.29) is 33.2 Å². The lowest BCUT2D eigenvalue weighted by atomic mass is 10.1. The van der Waals surface area contributed by atoms with Gasteiger partial charge in [0, 0.05) is 18.7 Å². The Kier molecular flexibility index (Phi) is 4.47. The molecule has 1 aromatic carbocycles. The van der Waals surface area contributed by atoms with E-state index in [9.17, 15) is 14.9 Å². The molecule has 8 heteroatoms. The van der Waals surface area contributed by atoms with Crippen molar-refractivity contribution in [1.29, 1.82) is 0 Å². The second kappa shape index (κ2) is 5.95. The highest BCUT2D eigenvalue weighted by molar-refractivity contribution is 6.44. The van der Waals surface area contributed by atoms with Crippen LogP contribution >= 0.6 is 23.2 Å². The van der Waals surface area contributed by atoms with Gasteiger partial charge in [0.25, 0.3) is 11.6 Å². The molecule has 1 heterocycles. The molecule has 1 saturated heterocycles. The van der Waals surface area contributed by atoms with E-state index < -0.39 is 4.92 Å². The van der Waals surface area contributed by atoms with Crippen LogP contribution < -0.4 is 0 Å². The first kappa shape index (κ1) is 15.0. The van der Waals surface area contributed by atoms with Crippen molar-refractivity contribution in [3.05, 3.63) is 37.9 Å². The highest BCUT2D eigenvalue weighted by Gasteiger charge is 2.28. The third-order valence-electron chi connectivity index (χ3n) is 3.08. The topological polar surface area (TPSA) is 72.7 Å². The number of nitro benzene ring substituents is 1. The smallest absolute Gasteiger partial charge is 0.271 e. The van der Waals surface area contributed by atoms with Crippen LogP contribution in [-0.4, -0.2) is 41.5 Å². The van der Waals surface area contributed by atoms with Gasteiger partial charge in [0.15, 0.2) is 0 Å². The average Bonchev–Trinajstić information content (AvgIpc) is 2.41. The summed E-state index contributed by atoms with van der Waals surface area (Å²) in [5.74, 6) is -0.378. The fourth-order valence-electron chi connectivity index (χ4n) is 2.02. The minimum atomic E-state index is -0.609. The highest BCUT2D eigenvalue weighted by Crippen LogP contribution is 2.32. The minimum Gasteiger partial charge on any atom is -0.377 e. The van der Waals surface area contributed by atoms with Crippen molar-refractivity contribution in [2.75, 3.05) is 19.8 Å². The van der Waals surface area contributed by atoms with E-state index in [1.807, 2.05) is 6.92 Å². The number of nitro groups is 1. The Labute approximate surface area is 125 Å². The SMILES string of the molecule is CC1COCCN1C(=O)c1cc([N+](=O)[O-])cc(Cl)c1Cl. The normalized spacial score (nSPS) is 18.9. The van der Waals surface area contributed by atoms with E-state index in [0.29, 0.717) is 19.8 Å². The molecule has 1 amide bonds. The van der Waals surface area contributed by atoms with Gasteiger partial charge in [-0.1, -0.05) is 23.2 Å². The van der Waals surface area contributed by atoms with Crippen molar-refractivity contribution in [2.24, 2.45) is 0 Å². The van der Waals surface area contributed by atoms with Crippen molar-refractivity contribution in [1.82, 2.24) is 4.90 Å². The number of ether oxygens (including phenoxy) is 1. The Hall–Kier alpha value is -1.37. The molecule has 1 aromatic rings. The molecular weight excluding hydrogens is 307 g/mol. The molecule has 0 radical (unpaired) electrons. The molecule has 1 unspecified atom stereocenters. The summed E-state index contributed by atoms with van der Waals surface area (Å²) in [5.41, 5.74) is -0.219. The van der Waals surface area contributed by atoms with Crippen molar-refractivity contribution in [3.8, 4) is 0 Å². The molecule has 0 saturated carbocycles. The number of halogens is 2. The third-order valence-corrected chi connectivity index (χ3v) is 3.88. The van der Waals surface area contributed by atoms with Gasteiger partial charge >= 0.3 is 0 Å². The molecule has 0 spiro atoms. The van der Waals surface area contributed by atoms with Crippen molar-refractivity contribution >= 4 is 34.8 Å². The van der Waals surface area contributed by atoms with Gasteiger partial charge in [-0.2, -0.15) is 0 Å². The van der Waals surface area contributed by atoms with Gasteiger partial charge in [-0.05, 0) is 6.92 Å². The van der Waals surface area contributed by atoms with E-state index in [4.69, 9.17) is 27.9 Å². The molecule has 1 aliphatic heterocycles. The van der Waals surface area contributed by atoms with E-state index in [2.05, 4.69) is 0 Å². The molecule has 1 aliphatic rings. The maximum absolute atomic E-state index is 12.5. The number of rotatable bonds is 2. The first-order chi connectivity index (χ1) is 9.41.